The number of rotatable bonds is 5. The second-order valence-corrected chi connectivity index (χ2v) is 8.31. The van der Waals surface area contributed by atoms with Gasteiger partial charge in [-0.3, -0.25) is 19.4 Å². The van der Waals surface area contributed by atoms with Crippen LogP contribution in [0.4, 0.5) is 10.1 Å². The molecule has 3 rings (SSSR count). The van der Waals surface area contributed by atoms with Crippen molar-refractivity contribution in [3.63, 3.8) is 0 Å². The highest BCUT2D eigenvalue weighted by Crippen LogP contribution is 2.20. The van der Waals surface area contributed by atoms with Crippen LogP contribution in [-0.4, -0.2) is 78.4 Å². The second-order valence-electron chi connectivity index (χ2n) is 7.90. The van der Waals surface area contributed by atoms with Crippen LogP contribution in [0.25, 0.3) is 0 Å². The summed E-state index contributed by atoms with van der Waals surface area (Å²) >= 11 is 5.78. The lowest BCUT2D eigenvalue weighted by Gasteiger charge is -2.37. The van der Waals surface area contributed by atoms with E-state index in [1.54, 1.807) is 0 Å². The van der Waals surface area contributed by atoms with Crippen LogP contribution in [-0.2, 0) is 9.59 Å². The van der Waals surface area contributed by atoms with E-state index in [0.29, 0.717) is 12.2 Å². The number of hydrogen-bond donors (Lipinski definition) is 1. The molecule has 2 aliphatic heterocycles. The van der Waals surface area contributed by atoms with Crippen molar-refractivity contribution in [1.82, 2.24) is 14.7 Å². The van der Waals surface area contributed by atoms with Crippen LogP contribution in [0, 0.1) is 5.82 Å². The molecule has 2 aliphatic rings. The SMILES string of the molecule is CC(C(=O)Nc1ccc(F)c(Cl)c1)N1CCN(CC(=O)N2CCCCCC2)CC1. The molecule has 1 unspecified atom stereocenters. The number of amides is 2. The number of hydrogen-bond acceptors (Lipinski definition) is 4. The Morgan fingerprint density at radius 3 is 2.34 bits per heavy atom. The Hall–Kier alpha value is -1.70. The number of nitrogens with zero attached hydrogens (tertiary/aromatic N) is 3. The van der Waals surface area contributed by atoms with Crippen LogP contribution >= 0.6 is 11.6 Å². The minimum Gasteiger partial charge on any atom is -0.342 e. The van der Waals surface area contributed by atoms with Crippen LogP contribution in [0.2, 0.25) is 5.02 Å². The first-order valence-electron chi connectivity index (χ1n) is 10.4. The standard InChI is InChI=1S/C21H30ClFN4O2/c1-16(21(29)24-17-6-7-19(23)18(22)14-17)26-12-10-25(11-13-26)15-20(28)27-8-4-2-3-5-9-27/h6-7,14,16H,2-5,8-13,15H2,1H3,(H,24,29). The van der Waals surface area contributed by atoms with Gasteiger partial charge in [-0.15, -0.1) is 0 Å². The van der Waals surface area contributed by atoms with Gasteiger partial charge >= 0.3 is 0 Å². The number of carbonyl (C=O) groups is 2. The van der Waals surface area contributed by atoms with Crippen LogP contribution in [0.3, 0.4) is 0 Å². The highest BCUT2D eigenvalue weighted by Gasteiger charge is 2.27. The molecule has 1 N–H and O–H groups in total. The molecule has 0 aromatic heterocycles. The summed E-state index contributed by atoms with van der Waals surface area (Å²) in [6.07, 6.45) is 4.63. The Morgan fingerprint density at radius 1 is 1.07 bits per heavy atom. The van der Waals surface area contributed by atoms with E-state index in [9.17, 15) is 14.0 Å². The Morgan fingerprint density at radius 2 is 1.72 bits per heavy atom. The molecule has 8 heteroatoms. The lowest BCUT2D eigenvalue weighted by molar-refractivity contribution is -0.133. The van der Waals surface area contributed by atoms with Gasteiger partial charge in [-0.25, -0.2) is 4.39 Å². The lowest BCUT2D eigenvalue weighted by atomic mass is 10.2. The van der Waals surface area contributed by atoms with Gasteiger partial charge < -0.3 is 10.2 Å². The highest BCUT2D eigenvalue weighted by atomic mass is 35.5. The van der Waals surface area contributed by atoms with Gasteiger partial charge in [0, 0.05) is 45.0 Å². The number of benzene rings is 1. The average Bonchev–Trinajstić information content (AvgIpc) is 3.00. The van der Waals surface area contributed by atoms with E-state index in [4.69, 9.17) is 11.6 Å². The summed E-state index contributed by atoms with van der Waals surface area (Å²) in [5.74, 6) is -0.440. The van der Waals surface area contributed by atoms with E-state index in [0.717, 1.165) is 52.1 Å². The van der Waals surface area contributed by atoms with Gasteiger partial charge in [0.15, 0.2) is 0 Å². The summed E-state index contributed by atoms with van der Waals surface area (Å²) in [7, 11) is 0. The van der Waals surface area contributed by atoms with Crippen LogP contribution in [0.1, 0.15) is 32.6 Å². The molecule has 2 saturated heterocycles. The van der Waals surface area contributed by atoms with E-state index in [-0.39, 0.29) is 22.9 Å². The van der Waals surface area contributed by atoms with Crippen molar-refractivity contribution in [1.29, 1.82) is 0 Å². The zero-order chi connectivity index (χ0) is 20.8. The fourth-order valence-electron chi connectivity index (χ4n) is 3.91. The molecule has 6 nitrogen and oxygen atoms in total. The Balaban J connectivity index is 1.44. The van der Waals surface area contributed by atoms with Crippen molar-refractivity contribution in [2.45, 2.75) is 38.6 Å². The third-order valence-electron chi connectivity index (χ3n) is 5.84. The number of carbonyl (C=O) groups excluding carboxylic acids is 2. The maximum absolute atomic E-state index is 13.3. The molecule has 0 aliphatic carbocycles. The maximum Gasteiger partial charge on any atom is 0.241 e. The van der Waals surface area contributed by atoms with Crippen molar-refractivity contribution in [3.05, 3.63) is 29.0 Å². The molecule has 29 heavy (non-hydrogen) atoms. The number of anilines is 1. The first kappa shape index (κ1) is 22.0. The molecule has 0 saturated carbocycles. The Kier molecular flexibility index (Phi) is 7.86. The van der Waals surface area contributed by atoms with Crippen molar-refractivity contribution >= 4 is 29.1 Å². The number of nitrogens with one attached hydrogen (secondary N) is 1. The monoisotopic (exact) mass is 424 g/mol. The largest absolute Gasteiger partial charge is 0.342 e. The van der Waals surface area contributed by atoms with E-state index in [2.05, 4.69) is 15.1 Å². The van der Waals surface area contributed by atoms with Crippen molar-refractivity contribution < 1.29 is 14.0 Å². The van der Waals surface area contributed by atoms with Gasteiger partial charge in [0.25, 0.3) is 0 Å². The predicted octanol–water partition coefficient (Wildman–Crippen LogP) is 2.83. The lowest BCUT2D eigenvalue weighted by Crippen LogP contribution is -2.54. The van der Waals surface area contributed by atoms with Crippen LogP contribution in [0.15, 0.2) is 18.2 Å². The minimum atomic E-state index is -0.511. The van der Waals surface area contributed by atoms with Gasteiger partial charge in [0.05, 0.1) is 17.6 Å². The summed E-state index contributed by atoms with van der Waals surface area (Å²) in [4.78, 5) is 31.4. The van der Waals surface area contributed by atoms with Gasteiger partial charge in [-0.1, -0.05) is 24.4 Å². The molecular weight excluding hydrogens is 395 g/mol. The number of likely N-dealkylation sites (tertiary alicyclic amines) is 1. The first-order chi connectivity index (χ1) is 13.9. The van der Waals surface area contributed by atoms with Crippen LogP contribution in [0.5, 0.6) is 0 Å². The molecule has 2 amide bonds. The predicted molar refractivity (Wildman–Crippen MR) is 113 cm³/mol. The molecule has 1 aromatic rings. The molecule has 0 spiro atoms. The van der Waals surface area contributed by atoms with E-state index in [1.807, 2.05) is 11.8 Å². The van der Waals surface area contributed by atoms with Gasteiger partial charge in [0.2, 0.25) is 11.8 Å². The summed E-state index contributed by atoms with van der Waals surface area (Å²) in [5, 5.41) is 2.78. The number of piperazine rings is 1. The zero-order valence-electron chi connectivity index (χ0n) is 17.0. The van der Waals surface area contributed by atoms with Gasteiger partial charge in [-0.05, 0) is 38.0 Å². The third-order valence-corrected chi connectivity index (χ3v) is 6.13. The second kappa shape index (κ2) is 10.4. The van der Waals surface area contributed by atoms with E-state index < -0.39 is 5.82 Å². The molecule has 160 valence electrons. The maximum atomic E-state index is 13.3. The Bertz CT molecular complexity index is 717. The van der Waals surface area contributed by atoms with E-state index >= 15 is 0 Å². The fraction of sp³-hybridized carbons (Fsp3) is 0.619. The van der Waals surface area contributed by atoms with Gasteiger partial charge in [-0.2, -0.15) is 0 Å². The van der Waals surface area contributed by atoms with Crippen LogP contribution < -0.4 is 5.32 Å². The fourth-order valence-corrected chi connectivity index (χ4v) is 4.09. The molecule has 0 bridgehead atoms. The average molecular weight is 425 g/mol. The third kappa shape index (κ3) is 6.14. The number of halogens is 2. The summed E-state index contributed by atoms with van der Waals surface area (Å²) in [6, 6.07) is 3.83. The van der Waals surface area contributed by atoms with Crippen molar-refractivity contribution in [3.8, 4) is 0 Å². The minimum absolute atomic E-state index is 0.0156. The topological polar surface area (TPSA) is 55.9 Å². The molecule has 0 radical (unpaired) electrons. The highest BCUT2D eigenvalue weighted by molar-refractivity contribution is 6.31. The smallest absolute Gasteiger partial charge is 0.241 e. The zero-order valence-corrected chi connectivity index (χ0v) is 17.8. The molecule has 1 atom stereocenters. The van der Waals surface area contributed by atoms with Crippen molar-refractivity contribution in [2.75, 3.05) is 51.1 Å². The van der Waals surface area contributed by atoms with Gasteiger partial charge in [0.1, 0.15) is 5.82 Å². The first-order valence-corrected chi connectivity index (χ1v) is 10.8. The van der Waals surface area contributed by atoms with E-state index in [1.165, 1.54) is 31.0 Å². The molecule has 1 aromatic carbocycles. The summed E-state index contributed by atoms with van der Waals surface area (Å²) in [6.45, 7) is 7.06. The quantitative estimate of drug-likeness (QED) is 0.789. The molecule has 2 heterocycles. The van der Waals surface area contributed by atoms with Crippen molar-refractivity contribution in [2.24, 2.45) is 0 Å². The molecular formula is C21H30ClFN4O2. The summed E-state index contributed by atoms with van der Waals surface area (Å²) in [5.41, 5.74) is 0.481. The molecule has 2 fully saturated rings. The normalized spacial score (nSPS) is 20.2. The summed E-state index contributed by atoms with van der Waals surface area (Å²) < 4.78 is 13.3. The Labute approximate surface area is 177 Å².